The Kier molecular flexibility index (Phi) is 3.69. The lowest BCUT2D eigenvalue weighted by molar-refractivity contribution is 0.0976. The van der Waals surface area contributed by atoms with Gasteiger partial charge < -0.3 is 5.32 Å². The van der Waals surface area contributed by atoms with Gasteiger partial charge in [-0.25, -0.2) is 4.98 Å². The molecule has 3 rings (SSSR count). The van der Waals surface area contributed by atoms with Crippen LogP contribution in [0.5, 0.6) is 0 Å². The molecule has 0 bridgehead atoms. The molecule has 0 spiro atoms. The molecule has 1 heterocycles. The van der Waals surface area contributed by atoms with E-state index in [0.717, 1.165) is 17.9 Å². The number of nitrogens with zero attached hydrogens (tertiary/aromatic N) is 1. The average Bonchev–Trinajstić information content (AvgIpc) is 3.08. The number of hydrogen-bond donors (Lipinski definition) is 1. The Bertz CT molecular complexity index is 436. The minimum atomic E-state index is 0.173. The molecule has 0 amide bonds. The monoisotopic (exact) mass is 278 g/mol. The van der Waals surface area contributed by atoms with Crippen LogP contribution in [0.4, 0.5) is 0 Å². The fraction of sp³-hybridized carbons (Fsp3) is 0.812. The molecule has 2 fully saturated rings. The molecule has 0 aromatic carbocycles. The first-order valence-electron chi connectivity index (χ1n) is 7.82. The second-order valence-corrected chi connectivity index (χ2v) is 7.64. The highest BCUT2D eigenvalue weighted by molar-refractivity contribution is 7.09. The van der Waals surface area contributed by atoms with Crippen molar-refractivity contribution in [3.8, 4) is 0 Å². The molecular weight excluding hydrogens is 252 g/mol. The predicted octanol–water partition coefficient (Wildman–Crippen LogP) is 4.25. The van der Waals surface area contributed by atoms with Crippen LogP contribution in [-0.4, -0.2) is 11.0 Å². The topological polar surface area (TPSA) is 24.9 Å². The van der Waals surface area contributed by atoms with Crippen LogP contribution < -0.4 is 5.32 Å². The summed E-state index contributed by atoms with van der Waals surface area (Å²) in [7, 11) is 0. The maximum absolute atomic E-state index is 4.88. The van der Waals surface area contributed by atoms with E-state index in [-0.39, 0.29) is 5.54 Å². The van der Waals surface area contributed by atoms with E-state index < -0.39 is 0 Å². The van der Waals surface area contributed by atoms with E-state index in [1.165, 1.54) is 49.2 Å². The zero-order valence-electron chi connectivity index (χ0n) is 12.4. The van der Waals surface area contributed by atoms with Crippen LogP contribution in [0.25, 0.3) is 0 Å². The summed E-state index contributed by atoms with van der Waals surface area (Å²) in [5, 5.41) is 7.59. The normalized spacial score (nSPS) is 31.9. The second-order valence-electron chi connectivity index (χ2n) is 6.78. The van der Waals surface area contributed by atoms with Gasteiger partial charge in [-0.15, -0.1) is 11.3 Å². The molecule has 106 valence electrons. The van der Waals surface area contributed by atoms with Gasteiger partial charge in [0.1, 0.15) is 5.01 Å². The molecule has 0 radical (unpaired) electrons. The maximum atomic E-state index is 4.88. The fourth-order valence-corrected chi connectivity index (χ4v) is 4.81. The predicted molar refractivity (Wildman–Crippen MR) is 81.5 cm³/mol. The zero-order chi connectivity index (χ0) is 13.5. The van der Waals surface area contributed by atoms with Gasteiger partial charge in [0.05, 0.1) is 5.54 Å². The minimum absolute atomic E-state index is 0.173. The summed E-state index contributed by atoms with van der Waals surface area (Å²) in [5.41, 5.74) is 1.36. The van der Waals surface area contributed by atoms with Crippen molar-refractivity contribution in [3.05, 3.63) is 16.1 Å². The van der Waals surface area contributed by atoms with Gasteiger partial charge in [0, 0.05) is 17.1 Å². The third-order valence-corrected chi connectivity index (χ3v) is 5.95. The van der Waals surface area contributed by atoms with Gasteiger partial charge in [-0.1, -0.05) is 26.7 Å². The van der Waals surface area contributed by atoms with Gasteiger partial charge >= 0.3 is 0 Å². The van der Waals surface area contributed by atoms with Crippen LogP contribution >= 0.6 is 11.3 Å². The van der Waals surface area contributed by atoms with Crippen molar-refractivity contribution in [2.75, 3.05) is 0 Å². The first-order valence-corrected chi connectivity index (χ1v) is 8.70. The summed E-state index contributed by atoms with van der Waals surface area (Å²) < 4.78 is 0. The lowest BCUT2D eigenvalue weighted by atomic mass is 9.68. The molecule has 0 saturated heterocycles. The van der Waals surface area contributed by atoms with Crippen LogP contribution in [0.3, 0.4) is 0 Å². The first kappa shape index (κ1) is 13.6. The van der Waals surface area contributed by atoms with Gasteiger partial charge in [-0.3, -0.25) is 0 Å². The van der Waals surface area contributed by atoms with Crippen molar-refractivity contribution in [1.82, 2.24) is 10.3 Å². The van der Waals surface area contributed by atoms with Crippen LogP contribution in [0.15, 0.2) is 5.38 Å². The molecular formula is C16H26N2S. The van der Waals surface area contributed by atoms with E-state index in [4.69, 9.17) is 4.98 Å². The number of aryl methyl sites for hydroxylation is 1. The quantitative estimate of drug-likeness (QED) is 0.891. The van der Waals surface area contributed by atoms with E-state index >= 15 is 0 Å². The third-order valence-electron chi connectivity index (χ3n) is 4.81. The molecule has 2 aliphatic rings. The molecule has 19 heavy (non-hydrogen) atoms. The van der Waals surface area contributed by atoms with Crippen molar-refractivity contribution < 1.29 is 0 Å². The van der Waals surface area contributed by atoms with Crippen LogP contribution in [-0.2, 0) is 5.54 Å². The van der Waals surface area contributed by atoms with Gasteiger partial charge in [0.15, 0.2) is 0 Å². The van der Waals surface area contributed by atoms with Gasteiger partial charge in [0.2, 0.25) is 0 Å². The zero-order valence-corrected chi connectivity index (χ0v) is 13.2. The van der Waals surface area contributed by atoms with Crippen molar-refractivity contribution in [1.29, 1.82) is 0 Å². The van der Waals surface area contributed by atoms with E-state index in [9.17, 15) is 0 Å². The molecule has 2 saturated carbocycles. The van der Waals surface area contributed by atoms with E-state index in [0.29, 0.717) is 0 Å². The SMILES string of the molecule is Cc1csc(C2(NC3CC3)CCCCC2C(C)C)n1. The lowest BCUT2D eigenvalue weighted by Gasteiger charge is -2.46. The summed E-state index contributed by atoms with van der Waals surface area (Å²) >= 11 is 1.87. The van der Waals surface area contributed by atoms with Gasteiger partial charge in [-0.05, 0) is 44.4 Å². The molecule has 2 atom stereocenters. The molecule has 2 aliphatic carbocycles. The molecule has 2 nitrogen and oxygen atoms in total. The van der Waals surface area contributed by atoms with Crippen molar-refractivity contribution >= 4 is 11.3 Å². The Morgan fingerprint density at radius 1 is 1.32 bits per heavy atom. The number of nitrogens with one attached hydrogen (secondary N) is 1. The van der Waals surface area contributed by atoms with Crippen molar-refractivity contribution in [3.63, 3.8) is 0 Å². The molecule has 1 aromatic heterocycles. The molecule has 0 aliphatic heterocycles. The highest BCUT2D eigenvalue weighted by Crippen LogP contribution is 2.47. The van der Waals surface area contributed by atoms with Crippen molar-refractivity contribution in [2.24, 2.45) is 11.8 Å². The van der Waals surface area contributed by atoms with Gasteiger partial charge in [-0.2, -0.15) is 0 Å². The first-order chi connectivity index (χ1) is 9.12. The van der Waals surface area contributed by atoms with Crippen molar-refractivity contribution in [2.45, 2.75) is 70.9 Å². The Hall–Kier alpha value is -0.410. The third kappa shape index (κ3) is 2.59. The van der Waals surface area contributed by atoms with E-state index in [1.54, 1.807) is 0 Å². The average molecular weight is 278 g/mol. The van der Waals surface area contributed by atoms with Crippen LogP contribution in [0.1, 0.15) is 63.1 Å². The Morgan fingerprint density at radius 3 is 2.68 bits per heavy atom. The summed E-state index contributed by atoms with van der Waals surface area (Å²) in [6, 6.07) is 0.753. The Labute approximate surface area is 121 Å². The van der Waals surface area contributed by atoms with Crippen LogP contribution in [0, 0.1) is 18.8 Å². The van der Waals surface area contributed by atoms with E-state index in [2.05, 4.69) is 31.5 Å². The smallest absolute Gasteiger partial charge is 0.113 e. The standard InChI is InChI=1S/C16H26N2S/c1-11(2)14-6-4-5-9-16(14,18-13-7-8-13)15-17-12(3)10-19-15/h10-11,13-14,18H,4-9H2,1-3H3. The van der Waals surface area contributed by atoms with E-state index in [1.807, 2.05) is 11.3 Å². The molecule has 2 unspecified atom stereocenters. The highest BCUT2D eigenvalue weighted by atomic mass is 32.1. The maximum Gasteiger partial charge on any atom is 0.113 e. The molecule has 1 N–H and O–H groups in total. The fourth-order valence-electron chi connectivity index (χ4n) is 3.76. The highest BCUT2D eigenvalue weighted by Gasteiger charge is 2.47. The van der Waals surface area contributed by atoms with Gasteiger partial charge in [0.25, 0.3) is 0 Å². The lowest BCUT2D eigenvalue weighted by Crippen LogP contribution is -2.52. The van der Waals surface area contributed by atoms with Crippen LogP contribution in [0.2, 0.25) is 0 Å². The molecule has 1 aromatic rings. The summed E-state index contributed by atoms with van der Waals surface area (Å²) in [4.78, 5) is 4.88. The second kappa shape index (κ2) is 5.17. The summed E-state index contributed by atoms with van der Waals surface area (Å²) in [6.07, 6.45) is 8.09. The summed E-state index contributed by atoms with van der Waals surface area (Å²) in [6.45, 7) is 6.90. The Morgan fingerprint density at radius 2 is 2.11 bits per heavy atom. The Balaban J connectivity index is 1.97. The largest absolute Gasteiger partial charge is 0.302 e. The minimum Gasteiger partial charge on any atom is -0.302 e. The summed E-state index contributed by atoms with van der Waals surface area (Å²) in [5.74, 6) is 1.48. The number of hydrogen-bond acceptors (Lipinski definition) is 3. The molecule has 3 heteroatoms. The number of rotatable bonds is 4. The number of aromatic nitrogens is 1. The number of thiazole rings is 1.